The van der Waals surface area contributed by atoms with E-state index >= 15 is 0 Å². The summed E-state index contributed by atoms with van der Waals surface area (Å²) in [5.74, 6) is -0.887. The molecule has 2 N–H and O–H groups in total. The van der Waals surface area contributed by atoms with Crippen molar-refractivity contribution in [2.24, 2.45) is 0 Å². The van der Waals surface area contributed by atoms with E-state index in [0.717, 1.165) is 6.42 Å². The minimum absolute atomic E-state index is 0.110. The van der Waals surface area contributed by atoms with Gasteiger partial charge in [-0.2, -0.15) is 0 Å². The van der Waals surface area contributed by atoms with E-state index < -0.39 is 5.97 Å². The fourth-order valence-corrected chi connectivity index (χ4v) is 2.28. The number of carboxylic acids is 1. The van der Waals surface area contributed by atoms with Gasteiger partial charge >= 0.3 is 5.97 Å². The van der Waals surface area contributed by atoms with Gasteiger partial charge in [-0.1, -0.05) is 12.1 Å². The Morgan fingerprint density at radius 2 is 2.11 bits per heavy atom. The largest absolute Gasteiger partial charge is 0.478 e. The predicted octanol–water partition coefficient (Wildman–Crippen LogP) is 1.63. The van der Waals surface area contributed by atoms with Crippen LogP contribution in [0.5, 0.6) is 0 Å². The normalized spacial score (nSPS) is 10.2. The Kier molecular flexibility index (Phi) is 6.99. The molecule has 1 rings (SSSR count). The minimum atomic E-state index is -0.983. The summed E-state index contributed by atoms with van der Waals surface area (Å²) in [5.41, 5.74) is 0.222. The highest BCUT2D eigenvalue weighted by Gasteiger charge is 2.10. The molecular weight excluding hydrogens is 266 g/mol. The number of aromatic carboxylic acids is 1. The van der Waals surface area contributed by atoms with Crippen LogP contribution in [0.15, 0.2) is 29.2 Å². The van der Waals surface area contributed by atoms with Crippen LogP contribution in [-0.4, -0.2) is 43.0 Å². The van der Waals surface area contributed by atoms with Crippen LogP contribution in [0.1, 0.15) is 16.8 Å². The Labute approximate surface area is 116 Å². The van der Waals surface area contributed by atoms with E-state index in [-0.39, 0.29) is 17.2 Å². The molecule has 0 heterocycles. The molecule has 0 spiro atoms. The smallest absolute Gasteiger partial charge is 0.336 e. The number of methoxy groups -OCH3 is 1. The van der Waals surface area contributed by atoms with Crippen molar-refractivity contribution < 1.29 is 19.4 Å². The van der Waals surface area contributed by atoms with Gasteiger partial charge in [-0.3, -0.25) is 4.79 Å². The lowest BCUT2D eigenvalue weighted by Gasteiger charge is -2.06. The van der Waals surface area contributed by atoms with Gasteiger partial charge in [-0.05, 0) is 18.6 Å². The number of benzene rings is 1. The van der Waals surface area contributed by atoms with Crippen molar-refractivity contribution in [3.63, 3.8) is 0 Å². The molecule has 0 aliphatic rings. The van der Waals surface area contributed by atoms with Gasteiger partial charge in [0.25, 0.3) is 0 Å². The number of hydrogen-bond donors (Lipinski definition) is 2. The maximum atomic E-state index is 11.5. The number of amides is 1. The van der Waals surface area contributed by atoms with E-state index in [4.69, 9.17) is 9.84 Å². The Bertz CT molecular complexity index is 436. The summed E-state index contributed by atoms with van der Waals surface area (Å²) in [6, 6.07) is 6.65. The number of ether oxygens (including phenoxy) is 1. The minimum Gasteiger partial charge on any atom is -0.478 e. The van der Waals surface area contributed by atoms with E-state index in [1.807, 2.05) is 0 Å². The van der Waals surface area contributed by atoms with Crippen LogP contribution in [0.25, 0.3) is 0 Å². The summed E-state index contributed by atoms with van der Waals surface area (Å²) < 4.78 is 4.87. The Hall–Kier alpha value is -1.53. The molecule has 0 bridgehead atoms. The first-order chi connectivity index (χ1) is 9.15. The van der Waals surface area contributed by atoms with Crippen molar-refractivity contribution in [2.45, 2.75) is 11.3 Å². The SMILES string of the molecule is COCCCNC(=O)CSc1ccccc1C(=O)O. The van der Waals surface area contributed by atoms with Crippen LogP contribution >= 0.6 is 11.8 Å². The van der Waals surface area contributed by atoms with Crippen molar-refractivity contribution in [3.05, 3.63) is 29.8 Å². The van der Waals surface area contributed by atoms with Gasteiger partial charge in [0.05, 0.1) is 11.3 Å². The summed E-state index contributed by atoms with van der Waals surface area (Å²) in [4.78, 5) is 23.1. The lowest BCUT2D eigenvalue weighted by molar-refractivity contribution is -0.118. The van der Waals surface area contributed by atoms with Gasteiger partial charge in [0.1, 0.15) is 0 Å². The standard InChI is InChI=1S/C13H17NO4S/c1-18-8-4-7-14-12(15)9-19-11-6-3-2-5-10(11)13(16)17/h2-3,5-6H,4,7-9H2,1H3,(H,14,15)(H,16,17). The van der Waals surface area contributed by atoms with Crippen LogP contribution in [0.3, 0.4) is 0 Å². The summed E-state index contributed by atoms with van der Waals surface area (Å²) in [5, 5.41) is 11.8. The second-order valence-electron chi connectivity index (χ2n) is 3.79. The third kappa shape index (κ3) is 5.76. The first-order valence-corrected chi connectivity index (χ1v) is 6.84. The second-order valence-corrected chi connectivity index (χ2v) is 4.80. The van der Waals surface area contributed by atoms with Gasteiger partial charge < -0.3 is 15.2 Å². The Morgan fingerprint density at radius 3 is 2.79 bits per heavy atom. The molecule has 19 heavy (non-hydrogen) atoms. The monoisotopic (exact) mass is 283 g/mol. The van der Waals surface area contributed by atoms with Gasteiger partial charge in [-0.25, -0.2) is 4.79 Å². The second kappa shape index (κ2) is 8.55. The lowest BCUT2D eigenvalue weighted by Crippen LogP contribution is -2.26. The number of hydrogen-bond acceptors (Lipinski definition) is 4. The van der Waals surface area contributed by atoms with Crippen molar-refractivity contribution in [1.82, 2.24) is 5.32 Å². The van der Waals surface area contributed by atoms with Gasteiger partial charge in [0.2, 0.25) is 5.91 Å². The van der Waals surface area contributed by atoms with Crippen LogP contribution in [-0.2, 0) is 9.53 Å². The van der Waals surface area contributed by atoms with E-state index in [1.54, 1.807) is 25.3 Å². The van der Waals surface area contributed by atoms with E-state index in [2.05, 4.69) is 5.32 Å². The molecule has 1 aromatic rings. The molecule has 1 aromatic carbocycles. The summed E-state index contributed by atoms with van der Waals surface area (Å²) >= 11 is 1.22. The molecule has 0 aliphatic heterocycles. The molecule has 0 radical (unpaired) electrons. The molecule has 0 aromatic heterocycles. The van der Waals surface area contributed by atoms with Gasteiger partial charge in [0, 0.05) is 25.2 Å². The Balaban J connectivity index is 2.40. The van der Waals surface area contributed by atoms with Crippen LogP contribution in [0, 0.1) is 0 Å². The molecular formula is C13H17NO4S. The van der Waals surface area contributed by atoms with E-state index in [0.29, 0.717) is 18.0 Å². The summed E-state index contributed by atoms with van der Waals surface area (Å²) in [6.45, 7) is 1.17. The molecule has 0 fully saturated rings. The molecule has 5 nitrogen and oxygen atoms in total. The van der Waals surface area contributed by atoms with E-state index in [1.165, 1.54) is 17.8 Å². The maximum absolute atomic E-state index is 11.5. The van der Waals surface area contributed by atoms with Crippen molar-refractivity contribution in [3.8, 4) is 0 Å². The zero-order valence-corrected chi connectivity index (χ0v) is 11.5. The molecule has 0 saturated carbocycles. The van der Waals surface area contributed by atoms with Crippen LogP contribution < -0.4 is 5.32 Å². The zero-order valence-electron chi connectivity index (χ0n) is 10.7. The quantitative estimate of drug-likeness (QED) is 0.560. The number of nitrogens with one attached hydrogen (secondary N) is 1. The highest BCUT2D eigenvalue weighted by atomic mass is 32.2. The van der Waals surface area contributed by atoms with E-state index in [9.17, 15) is 9.59 Å². The number of thioether (sulfide) groups is 1. The Morgan fingerprint density at radius 1 is 1.37 bits per heavy atom. The number of carbonyl (C=O) groups excluding carboxylic acids is 1. The first kappa shape index (κ1) is 15.5. The fourth-order valence-electron chi connectivity index (χ4n) is 1.41. The number of carbonyl (C=O) groups is 2. The molecule has 0 aliphatic carbocycles. The third-order valence-corrected chi connectivity index (χ3v) is 3.40. The van der Waals surface area contributed by atoms with Crippen LogP contribution in [0.2, 0.25) is 0 Å². The molecule has 0 unspecified atom stereocenters. The number of carboxylic acid groups (broad SMARTS) is 1. The van der Waals surface area contributed by atoms with Crippen molar-refractivity contribution in [1.29, 1.82) is 0 Å². The topological polar surface area (TPSA) is 75.6 Å². The molecule has 0 atom stereocenters. The van der Waals surface area contributed by atoms with Gasteiger partial charge in [-0.15, -0.1) is 11.8 Å². The fraction of sp³-hybridized carbons (Fsp3) is 0.385. The molecule has 6 heteroatoms. The average molecular weight is 283 g/mol. The van der Waals surface area contributed by atoms with Crippen molar-refractivity contribution in [2.75, 3.05) is 26.0 Å². The lowest BCUT2D eigenvalue weighted by atomic mass is 10.2. The first-order valence-electron chi connectivity index (χ1n) is 5.86. The molecule has 104 valence electrons. The molecule has 1 amide bonds. The third-order valence-electron chi connectivity index (χ3n) is 2.32. The molecule has 0 saturated heterocycles. The number of rotatable bonds is 8. The highest BCUT2D eigenvalue weighted by molar-refractivity contribution is 8.00. The van der Waals surface area contributed by atoms with Crippen molar-refractivity contribution >= 4 is 23.6 Å². The average Bonchev–Trinajstić information content (AvgIpc) is 2.41. The zero-order chi connectivity index (χ0) is 14.1. The summed E-state index contributed by atoms with van der Waals surface area (Å²) in [7, 11) is 1.61. The summed E-state index contributed by atoms with van der Waals surface area (Å²) in [6.07, 6.45) is 0.763. The van der Waals surface area contributed by atoms with Gasteiger partial charge in [0.15, 0.2) is 0 Å². The highest BCUT2D eigenvalue weighted by Crippen LogP contribution is 2.22. The van der Waals surface area contributed by atoms with Crippen LogP contribution in [0.4, 0.5) is 0 Å². The maximum Gasteiger partial charge on any atom is 0.336 e. The predicted molar refractivity (Wildman–Crippen MR) is 73.6 cm³/mol.